The zero-order chi connectivity index (χ0) is 25.6. The maximum Gasteiger partial charge on any atom is 0.340 e. The Morgan fingerprint density at radius 3 is 2.23 bits per heavy atom. The molecule has 1 heterocycles. The summed E-state index contributed by atoms with van der Waals surface area (Å²) in [6.45, 7) is 4.19. The van der Waals surface area contributed by atoms with E-state index in [9.17, 15) is 14.7 Å². The molecule has 1 N–H and O–H groups in total. The van der Waals surface area contributed by atoms with Gasteiger partial charge in [-0.25, -0.2) is 4.79 Å². The van der Waals surface area contributed by atoms with Gasteiger partial charge in [-0.3, -0.25) is 9.36 Å². The van der Waals surface area contributed by atoms with Crippen LogP contribution in [0, 0.1) is 19.3 Å². The molecule has 35 heavy (non-hydrogen) atoms. The Morgan fingerprint density at radius 2 is 1.63 bits per heavy atom. The number of benzene rings is 1. The SMILES string of the molecule is C#Cc1c(C)c(/N=N/c2ccccc2C(=O)OC)c(O)n(CCCCCCCCCCCC)c1=O. The predicted octanol–water partition coefficient (Wildman–Crippen LogP) is 6.97. The van der Waals surface area contributed by atoms with Crippen LogP contribution in [0.3, 0.4) is 0 Å². The van der Waals surface area contributed by atoms with Crippen LogP contribution in [-0.2, 0) is 11.3 Å². The first-order chi connectivity index (χ1) is 17.0. The Morgan fingerprint density at radius 1 is 1.03 bits per heavy atom. The summed E-state index contributed by atoms with van der Waals surface area (Å²) in [5, 5.41) is 19.2. The molecule has 0 aliphatic rings. The molecule has 0 amide bonds. The number of esters is 1. The van der Waals surface area contributed by atoms with Gasteiger partial charge in [0.05, 0.1) is 18.2 Å². The molecule has 7 heteroatoms. The van der Waals surface area contributed by atoms with Gasteiger partial charge in [0.25, 0.3) is 5.56 Å². The van der Waals surface area contributed by atoms with Gasteiger partial charge in [0, 0.05) is 12.1 Å². The number of methoxy groups -OCH3 is 1. The number of unbranched alkanes of at least 4 members (excludes halogenated alkanes) is 9. The van der Waals surface area contributed by atoms with Crippen molar-refractivity contribution in [2.24, 2.45) is 10.2 Å². The van der Waals surface area contributed by atoms with Crippen molar-refractivity contribution in [3.05, 3.63) is 51.3 Å². The van der Waals surface area contributed by atoms with Crippen LogP contribution in [0.2, 0.25) is 0 Å². The molecule has 0 fully saturated rings. The summed E-state index contributed by atoms with van der Waals surface area (Å²) in [6, 6.07) is 6.60. The minimum absolute atomic E-state index is 0.115. The van der Waals surface area contributed by atoms with Crippen molar-refractivity contribution in [3.8, 4) is 18.2 Å². The average molecular weight is 480 g/mol. The second-order valence-corrected chi connectivity index (χ2v) is 8.66. The molecule has 0 aliphatic carbocycles. The number of azo groups is 1. The number of hydrogen-bond acceptors (Lipinski definition) is 6. The molecule has 0 radical (unpaired) electrons. The molecule has 0 spiro atoms. The quantitative estimate of drug-likeness (QED) is 0.137. The first-order valence-electron chi connectivity index (χ1n) is 12.5. The summed E-state index contributed by atoms with van der Waals surface area (Å²) in [7, 11) is 1.29. The van der Waals surface area contributed by atoms with Crippen LogP contribution >= 0.6 is 0 Å². The fourth-order valence-electron chi connectivity index (χ4n) is 4.01. The lowest BCUT2D eigenvalue weighted by Gasteiger charge is -2.13. The fourth-order valence-corrected chi connectivity index (χ4v) is 4.01. The lowest BCUT2D eigenvalue weighted by Crippen LogP contribution is -2.24. The summed E-state index contributed by atoms with van der Waals surface area (Å²) in [4.78, 5) is 24.9. The molecule has 0 saturated carbocycles. The molecule has 2 rings (SSSR count). The summed E-state index contributed by atoms with van der Waals surface area (Å²) in [5.74, 6) is 1.61. The zero-order valence-electron chi connectivity index (χ0n) is 21.2. The normalized spacial score (nSPS) is 11.0. The van der Waals surface area contributed by atoms with Crippen LogP contribution in [-0.4, -0.2) is 22.8 Å². The molecule has 0 aliphatic heterocycles. The first-order valence-corrected chi connectivity index (χ1v) is 12.5. The van der Waals surface area contributed by atoms with E-state index in [0.29, 0.717) is 12.1 Å². The average Bonchev–Trinajstić information content (AvgIpc) is 2.86. The number of rotatable bonds is 14. The third kappa shape index (κ3) is 7.81. The Hall–Kier alpha value is -3.40. The van der Waals surface area contributed by atoms with Gasteiger partial charge in [-0.1, -0.05) is 82.8 Å². The maximum absolute atomic E-state index is 12.9. The number of aromatic nitrogens is 1. The molecule has 0 bridgehead atoms. The van der Waals surface area contributed by atoms with Crippen molar-refractivity contribution >= 4 is 17.3 Å². The van der Waals surface area contributed by atoms with Crippen molar-refractivity contribution in [2.75, 3.05) is 7.11 Å². The van der Waals surface area contributed by atoms with Gasteiger partial charge in [-0.2, -0.15) is 0 Å². The van der Waals surface area contributed by atoms with Gasteiger partial charge >= 0.3 is 5.97 Å². The molecule has 1 aromatic carbocycles. The van der Waals surface area contributed by atoms with Crippen molar-refractivity contribution in [3.63, 3.8) is 0 Å². The number of nitrogens with zero attached hydrogens (tertiary/aromatic N) is 3. The van der Waals surface area contributed by atoms with Crippen LogP contribution < -0.4 is 5.56 Å². The molecule has 0 unspecified atom stereocenters. The number of carbonyl (C=O) groups is 1. The highest BCUT2D eigenvalue weighted by Crippen LogP contribution is 2.33. The Bertz CT molecular complexity index is 1110. The summed E-state index contributed by atoms with van der Waals surface area (Å²) >= 11 is 0. The number of carbonyl (C=O) groups excluding carboxylic acids is 1. The first kappa shape index (κ1) is 27.8. The summed E-state index contributed by atoms with van der Waals surface area (Å²) in [6.07, 6.45) is 17.3. The fraction of sp³-hybridized carbons (Fsp3) is 0.500. The van der Waals surface area contributed by atoms with Gasteiger partial charge in [-0.05, 0) is 25.5 Å². The van der Waals surface area contributed by atoms with Crippen molar-refractivity contribution in [2.45, 2.75) is 84.6 Å². The number of aromatic hydroxyl groups is 1. The second kappa shape index (κ2) is 14.8. The molecule has 0 atom stereocenters. The second-order valence-electron chi connectivity index (χ2n) is 8.66. The number of ether oxygens (including phenoxy) is 1. The van der Waals surface area contributed by atoms with Gasteiger partial charge in [0.15, 0.2) is 5.69 Å². The van der Waals surface area contributed by atoms with E-state index in [1.807, 2.05) is 0 Å². The topological polar surface area (TPSA) is 93.2 Å². The van der Waals surface area contributed by atoms with Crippen LogP contribution in [0.5, 0.6) is 5.88 Å². The molecule has 1 aromatic heterocycles. The van der Waals surface area contributed by atoms with Gasteiger partial charge < -0.3 is 9.84 Å². The third-order valence-corrected chi connectivity index (χ3v) is 6.10. The number of terminal acetylenes is 1. The molecule has 0 saturated heterocycles. The van der Waals surface area contributed by atoms with Crippen molar-refractivity contribution < 1.29 is 14.6 Å². The summed E-state index contributed by atoms with van der Waals surface area (Å²) in [5.41, 5.74) is 0.745. The van der Waals surface area contributed by atoms with E-state index in [0.717, 1.165) is 19.3 Å². The van der Waals surface area contributed by atoms with E-state index in [2.05, 4.69) is 23.1 Å². The highest BCUT2D eigenvalue weighted by atomic mass is 16.5. The van der Waals surface area contributed by atoms with E-state index in [-0.39, 0.29) is 28.4 Å². The minimum Gasteiger partial charge on any atom is -0.493 e. The van der Waals surface area contributed by atoms with Crippen molar-refractivity contribution in [1.82, 2.24) is 4.57 Å². The van der Waals surface area contributed by atoms with Crippen LogP contribution in [0.1, 0.15) is 92.6 Å². The van der Waals surface area contributed by atoms with Gasteiger partial charge in [-0.15, -0.1) is 16.7 Å². The maximum atomic E-state index is 12.9. The van der Waals surface area contributed by atoms with E-state index in [4.69, 9.17) is 11.2 Å². The third-order valence-electron chi connectivity index (χ3n) is 6.10. The monoisotopic (exact) mass is 479 g/mol. The van der Waals surface area contributed by atoms with Crippen LogP contribution in [0.4, 0.5) is 11.4 Å². The standard InChI is InChI=1S/C28H37N3O4/c1-5-7-8-9-10-11-12-13-14-17-20-31-26(32)22(6-2)21(3)25(27(31)33)30-29-24-19-16-15-18-23(24)28(34)35-4/h2,15-16,18-19,33H,5,7-14,17,20H2,1,3-4H3/b30-29+. The number of hydrogen-bond donors (Lipinski definition) is 1. The van der Waals surface area contributed by atoms with E-state index >= 15 is 0 Å². The Kier molecular flexibility index (Phi) is 11.8. The lowest BCUT2D eigenvalue weighted by atomic mass is 10.1. The van der Waals surface area contributed by atoms with Crippen molar-refractivity contribution in [1.29, 1.82) is 0 Å². The molecule has 188 valence electrons. The smallest absolute Gasteiger partial charge is 0.340 e. The largest absolute Gasteiger partial charge is 0.493 e. The summed E-state index contributed by atoms with van der Waals surface area (Å²) < 4.78 is 6.06. The van der Waals surface area contributed by atoms with E-state index in [1.54, 1.807) is 31.2 Å². The van der Waals surface area contributed by atoms with Crippen LogP contribution in [0.25, 0.3) is 0 Å². The number of pyridine rings is 1. The Labute approximate surface area is 208 Å². The van der Waals surface area contributed by atoms with E-state index in [1.165, 1.54) is 56.6 Å². The molecule has 7 nitrogen and oxygen atoms in total. The molecular formula is C28H37N3O4. The highest BCUT2D eigenvalue weighted by Gasteiger charge is 2.18. The van der Waals surface area contributed by atoms with Gasteiger partial charge in [0.2, 0.25) is 5.88 Å². The van der Waals surface area contributed by atoms with Crippen LogP contribution in [0.15, 0.2) is 39.3 Å². The van der Waals surface area contributed by atoms with Gasteiger partial charge in [0.1, 0.15) is 5.69 Å². The minimum atomic E-state index is -0.546. The predicted molar refractivity (Wildman–Crippen MR) is 139 cm³/mol. The zero-order valence-corrected chi connectivity index (χ0v) is 21.2. The lowest BCUT2D eigenvalue weighted by molar-refractivity contribution is 0.0601. The Balaban J connectivity index is 2.12. The molecule has 2 aromatic rings. The molecular weight excluding hydrogens is 442 g/mol. The van der Waals surface area contributed by atoms with E-state index < -0.39 is 11.5 Å². The highest BCUT2D eigenvalue weighted by molar-refractivity contribution is 5.94.